The summed E-state index contributed by atoms with van der Waals surface area (Å²) in [6, 6.07) is 1.44. The zero-order chi connectivity index (χ0) is 13.8. The highest BCUT2D eigenvalue weighted by atomic mass is 35.5. The maximum atomic E-state index is 10.8. The van der Waals surface area contributed by atoms with Crippen molar-refractivity contribution in [1.29, 1.82) is 0 Å². The topological polar surface area (TPSA) is 129 Å². The molecule has 0 saturated heterocycles. The molecule has 0 aromatic carbocycles. The molecule has 0 aliphatic carbocycles. The summed E-state index contributed by atoms with van der Waals surface area (Å²) in [5.74, 6) is 5.05. The Morgan fingerprint density at radius 1 is 1.42 bits per heavy atom. The molecule has 9 nitrogen and oxygen atoms in total. The molecule has 0 saturated carbocycles. The lowest BCUT2D eigenvalue weighted by atomic mass is 10.4. The van der Waals surface area contributed by atoms with Gasteiger partial charge >= 0.3 is 11.6 Å². The molecule has 98 valence electrons. The summed E-state index contributed by atoms with van der Waals surface area (Å²) in [6.45, 7) is 0. The van der Waals surface area contributed by atoms with Crippen LogP contribution in [0, 0.1) is 10.1 Å². The fourth-order valence-corrected chi connectivity index (χ4v) is 1.35. The van der Waals surface area contributed by atoms with Gasteiger partial charge in [-0.15, -0.1) is 0 Å². The number of pyridine rings is 1. The molecular weight excluding hydrogens is 276 g/mol. The molecule has 0 spiro atoms. The summed E-state index contributed by atoms with van der Waals surface area (Å²) in [6.07, 6.45) is 3.72. The Bertz CT molecular complexity index is 623. The van der Waals surface area contributed by atoms with Gasteiger partial charge in [0, 0.05) is 12.3 Å². The van der Waals surface area contributed by atoms with Gasteiger partial charge in [0.2, 0.25) is 5.95 Å². The SMILES string of the molecule is NNc1ncc([N+](=O)[O-])c(Oc2cncc(Cl)c2)n1. The van der Waals surface area contributed by atoms with Crippen molar-refractivity contribution in [2.24, 2.45) is 5.84 Å². The Labute approximate surface area is 111 Å². The van der Waals surface area contributed by atoms with E-state index < -0.39 is 10.6 Å². The number of nitrogens with two attached hydrogens (primary N) is 1. The smallest absolute Gasteiger partial charge is 0.349 e. The van der Waals surface area contributed by atoms with E-state index in [1.54, 1.807) is 0 Å². The van der Waals surface area contributed by atoms with Gasteiger partial charge < -0.3 is 4.74 Å². The number of hydrazine groups is 1. The van der Waals surface area contributed by atoms with Gasteiger partial charge in [-0.25, -0.2) is 10.8 Å². The number of nitrogens with one attached hydrogen (secondary N) is 1. The molecule has 2 aromatic heterocycles. The summed E-state index contributed by atoms with van der Waals surface area (Å²) < 4.78 is 5.26. The molecule has 0 bridgehead atoms. The van der Waals surface area contributed by atoms with Crippen molar-refractivity contribution in [3.05, 3.63) is 39.8 Å². The van der Waals surface area contributed by atoms with Crippen LogP contribution in [0.5, 0.6) is 11.6 Å². The van der Waals surface area contributed by atoms with Gasteiger partial charge in [-0.05, 0) is 0 Å². The van der Waals surface area contributed by atoms with Crippen LogP contribution in [0.2, 0.25) is 5.02 Å². The molecule has 0 atom stereocenters. The molecule has 0 aliphatic rings. The van der Waals surface area contributed by atoms with E-state index in [0.29, 0.717) is 5.02 Å². The predicted octanol–water partition coefficient (Wildman–Crippen LogP) is 1.51. The fourth-order valence-electron chi connectivity index (χ4n) is 1.19. The zero-order valence-corrected chi connectivity index (χ0v) is 10.0. The van der Waals surface area contributed by atoms with Crippen LogP contribution in [0.15, 0.2) is 24.7 Å². The van der Waals surface area contributed by atoms with E-state index in [2.05, 4.69) is 20.4 Å². The molecule has 0 fully saturated rings. The van der Waals surface area contributed by atoms with Crippen LogP contribution in [-0.2, 0) is 0 Å². The predicted molar refractivity (Wildman–Crippen MR) is 65.8 cm³/mol. The van der Waals surface area contributed by atoms with Crippen LogP contribution in [-0.4, -0.2) is 19.9 Å². The average molecular weight is 283 g/mol. The van der Waals surface area contributed by atoms with Gasteiger partial charge in [-0.1, -0.05) is 11.6 Å². The number of nitro groups is 1. The minimum absolute atomic E-state index is 0.0180. The van der Waals surface area contributed by atoms with Crippen molar-refractivity contribution < 1.29 is 9.66 Å². The van der Waals surface area contributed by atoms with Gasteiger partial charge in [0.15, 0.2) is 0 Å². The van der Waals surface area contributed by atoms with E-state index in [4.69, 9.17) is 22.2 Å². The Balaban J connectivity index is 2.39. The highest BCUT2D eigenvalue weighted by Gasteiger charge is 2.19. The van der Waals surface area contributed by atoms with Crippen molar-refractivity contribution >= 4 is 23.2 Å². The maximum Gasteiger partial charge on any atom is 0.349 e. The first-order valence-corrected chi connectivity index (χ1v) is 5.24. The van der Waals surface area contributed by atoms with E-state index in [9.17, 15) is 10.1 Å². The van der Waals surface area contributed by atoms with Crippen LogP contribution < -0.4 is 16.0 Å². The highest BCUT2D eigenvalue weighted by Crippen LogP contribution is 2.29. The second-order valence-corrected chi connectivity index (χ2v) is 3.66. The number of hydrogen-bond acceptors (Lipinski definition) is 8. The van der Waals surface area contributed by atoms with E-state index in [0.717, 1.165) is 6.20 Å². The van der Waals surface area contributed by atoms with E-state index in [1.807, 2.05) is 0 Å². The Kier molecular flexibility index (Phi) is 3.68. The highest BCUT2D eigenvalue weighted by molar-refractivity contribution is 6.30. The first-order valence-electron chi connectivity index (χ1n) is 4.86. The summed E-state index contributed by atoms with van der Waals surface area (Å²) in [7, 11) is 0. The quantitative estimate of drug-likeness (QED) is 0.490. The van der Waals surface area contributed by atoms with Gasteiger partial charge in [0.1, 0.15) is 11.9 Å². The van der Waals surface area contributed by atoms with E-state index in [1.165, 1.54) is 18.5 Å². The third kappa shape index (κ3) is 3.03. The van der Waals surface area contributed by atoms with Gasteiger partial charge in [0.05, 0.1) is 16.1 Å². The normalized spacial score (nSPS) is 10.0. The second-order valence-electron chi connectivity index (χ2n) is 3.23. The van der Waals surface area contributed by atoms with Crippen molar-refractivity contribution in [2.45, 2.75) is 0 Å². The van der Waals surface area contributed by atoms with Crippen LogP contribution >= 0.6 is 11.6 Å². The third-order valence-corrected chi connectivity index (χ3v) is 2.16. The summed E-state index contributed by atoms with van der Waals surface area (Å²) >= 11 is 5.73. The lowest BCUT2D eigenvalue weighted by molar-refractivity contribution is -0.386. The van der Waals surface area contributed by atoms with Crippen LogP contribution in [0.3, 0.4) is 0 Å². The Morgan fingerprint density at radius 2 is 2.21 bits per heavy atom. The number of nitrogens with zero attached hydrogens (tertiary/aromatic N) is 4. The first-order chi connectivity index (χ1) is 9.10. The molecule has 0 aliphatic heterocycles. The number of nitrogen functional groups attached to an aromatic ring is 1. The average Bonchev–Trinajstić information content (AvgIpc) is 2.38. The monoisotopic (exact) mass is 282 g/mol. The summed E-state index contributed by atoms with van der Waals surface area (Å²) in [5.41, 5.74) is 1.76. The Morgan fingerprint density at radius 3 is 2.84 bits per heavy atom. The number of hydrogen-bond donors (Lipinski definition) is 2. The largest absolute Gasteiger partial charge is 0.432 e. The van der Waals surface area contributed by atoms with Gasteiger partial charge in [0.25, 0.3) is 0 Å². The molecular formula is C9H7ClN6O3. The minimum Gasteiger partial charge on any atom is -0.432 e. The summed E-state index contributed by atoms with van der Waals surface area (Å²) in [4.78, 5) is 21.3. The molecule has 2 aromatic rings. The van der Waals surface area contributed by atoms with Crippen LogP contribution in [0.1, 0.15) is 0 Å². The van der Waals surface area contributed by atoms with Crippen molar-refractivity contribution in [2.75, 3.05) is 5.43 Å². The second kappa shape index (κ2) is 5.42. The van der Waals surface area contributed by atoms with E-state index >= 15 is 0 Å². The number of rotatable bonds is 4. The molecule has 0 radical (unpaired) electrons. The lowest BCUT2D eigenvalue weighted by Gasteiger charge is -2.06. The Hall–Kier alpha value is -2.52. The molecule has 0 unspecified atom stereocenters. The van der Waals surface area contributed by atoms with E-state index in [-0.39, 0.29) is 17.6 Å². The standard InChI is InChI=1S/C9H7ClN6O3/c10-5-1-6(3-12-2-5)19-8-7(16(17)18)4-13-9(14-8)15-11/h1-4H,11H2,(H,13,14,15). The number of halogens is 1. The molecule has 2 heterocycles. The molecule has 0 amide bonds. The van der Waals surface area contributed by atoms with Crippen LogP contribution in [0.4, 0.5) is 11.6 Å². The fraction of sp³-hybridized carbons (Fsp3) is 0. The molecule has 3 N–H and O–H groups in total. The number of ether oxygens (including phenoxy) is 1. The molecule has 10 heteroatoms. The van der Waals surface area contributed by atoms with Crippen molar-refractivity contribution in [1.82, 2.24) is 15.0 Å². The minimum atomic E-state index is -0.673. The first kappa shape index (κ1) is 12.9. The van der Waals surface area contributed by atoms with Gasteiger partial charge in [-0.2, -0.15) is 4.98 Å². The molecule has 2 rings (SSSR count). The van der Waals surface area contributed by atoms with Crippen LogP contribution in [0.25, 0.3) is 0 Å². The lowest BCUT2D eigenvalue weighted by Crippen LogP contribution is -2.11. The molecule has 19 heavy (non-hydrogen) atoms. The maximum absolute atomic E-state index is 10.8. The van der Waals surface area contributed by atoms with Gasteiger partial charge in [-0.3, -0.25) is 20.5 Å². The van der Waals surface area contributed by atoms with Crippen molar-refractivity contribution in [3.63, 3.8) is 0 Å². The third-order valence-electron chi connectivity index (χ3n) is 1.96. The zero-order valence-electron chi connectivity index (χ0n) is 9.28. The summed E-state index contributed by atoms with van der Waals surface area (Å²) in [5, 5.41) is 11.2. The number of anilines is 1. The van der Waals surface area contributed by atoms with Crippen molar-refractivity contribution in [3.8, 4) is 11.6 Å². The number of aromatic nitrogens is 3.